The zero-order chi connectivity index (χ0) is 13.6. The normalized spacial score (nSPS) is 30.3. The largest absolute Gasteiger partial charge is 0.344 e. The molecule has 0 spiro atoms. The van der Waals surface area contributed by atoms with Crippen LogP contribution in [0.1, 0.15) is 46.0 Å². The maximum atomic E-state index is 12.6. The van der Waals surface area contributed by atoms with E-state index in [1.165, 1.54) is 25.7 Å². The van der Waals surface area contributed by atoms with E-state index in [1.807, 2.05) is 18.7 Å². The van der Waals surface area contributed by atoms with Crippen LogP contribution in [0.15, 0.2) is 0 Å². The first-order chi connectivity index (χ1) is 9.02. The molecule has 3 rings (SSSR count). The van der Waals surface area contributed by atoms with E-state index in [9.17, 15) is 9.59 Å². The molecule has 3 aliphatic rings. The lowest BCUT2D eigenvalue weighted by Gasteiger charge is -2.29. The molecule has 4 heteroatoms. The van der Waals surface area contributed by atoms with E-state index in [1.54, 1.807) is 0 Å². The number of amides is 2. The van der Waals surface area contributed by atoms with Gasteiger partial charge in [-0.25, -0.2) is 0 Å². The summed E-state index contributed by atoms with van der Waals surface area (Å²) in [5, 5.41) is 2.88. The molecule has 0 aromatic carbocycles. The van der Waals surface area contributed by atoms with Gasteiger partial charge in [0.2, 0.25) is 11.8 Å². The third-order valence-electron chi connectivity index (χ3n) is 5.01. The molecule has 1 N–H and O–H groups in total. The Morgan fingerprint density at radius 3 is 2.53 bits per heavy atom. The van der Waals surface area contributed by atoms with Gasteiger partial charge in [0.15, 0.2) is 0 Å². The lowest BCUT2D eigenvalue weighted by molar-refractivity contribution is -0.135. The van der Waals surface area contributed by atoms with Crippen LogP contribution in [0.2, 0.25) is 0 Å². The summed E-state index contributed by atoms with van der Waals surface area (Å²) in [6.07, 6.45) is 5.68. The minimum Gasteiger partial charge on any atom is -0.344 e. The molecule has 0 radical (unpaired) electrons. The number of hydrogen-bond donors (Lipinski definition) is 1. The van der Waals surface area contributed by atoms with E-state index in [2.05, 4.69) is 5.32 Å². The smallest absolute Gasteiger partial charge is 0.245 e. The topological polar surface area (TPSA) is 49.4 Å². The Balaban J connectivity index is 1.72. The summed E-state index contributed by atoms with van der Waals surface area (Å²) in [4.78, 5) is 26.3. The molecule has 1 unspecified atom stereocenters. The monoisotopic (exact) mass is 264 g/mol. The van der Waals surface area contributed by atoms with Crippen molar-refractivity contribution in [1.29, 1.82) is 0 Å². The molecule has 0 aromatic rings. The number of hydrogen-bond acceptors (Lipinski definition) is 2. The van der Waals surface area contributed by atoms with Crippen molar-refractivity contribution in [2.24, 2.45) is 17.3 Å². The lowest BCUT2D eigenvalue weighted by atomic mass is 9.98. The highest BCUT2D eigenvalue weighted by molar-refractivity contribution is 5.90. The fourth-order valence-corrected chi connectivity index (χ4v) is 3.39. The number of rotatable bonds is 4. The molecular formula is C15H24N2O2. The van der Waals surface area contributed by atoms with E-state index >= 15 is 0 Å². The van der Waals surface area contributed by atoms with E-state index in [0.29, 0.717) is 18.4 Å². The van der Waals surface area contributed by atoms with Crippen LogP contribution in [-0.2, 0) is 9.59 Å². The first-order valence-corrected chi connectivity index (χ1v) is 7.60. The van der Waals surface area contributed by atoms with Crippen molar-refractivity contribution >= 4 is 11.8 Å². The van der Waals surface area contributed by atoms with Gasteiger partial charge < -0.3 is 10.2 Å². The molecule has 0 bridgehead atoms. The highest BCUT2D eigenvalue weighted by Gasteiger charge is 2.55. The van der Waals surface area contributed by atoms with Gasteiger partial charge in [0.25, 0.3) is 0 Å². The maximum Gasteiger partial charge on any atom is 0.245 e. The van der Waals surface area contributed by atoms with Crippen LogP contribution in [0.25, 0.3) is 0 Å². The third kappa shape index (κ3) is 2.49. The summed E-state index contributed by atoms with van der Waals surface area (Å²) in [6.45, 7) is 5.48. The van der Waals surface area contributed by atoms with Crippen molar-refractivity contribution in [1.82, 2.24) is 10.2 Å². The molecule has 4 nitrogen and oxygen atoms in total. The summed E-state index contributed by atoms with van der Waals surface area (Å²) in [5.74, 6) is 1.16. The van der Waals surface area contributed by atoms with Crippen LogP contribution in [0.3, 0.4) is 0 Å². The van der Waals surface area contributed by atoms with Gasteiger partial charge in [-0.15, -0.1) is 0 Å². The second-order valence-corrected chi connectivity index (χ2v) is 6.94. The summed E-state index contributed by atoms with van der Waals surface area (Å²) in [6, 6.07) is -0.329. The molecule has 19 heavy (non-hydrogen) atoms. The minimum absolute atomic E-state index is 0.0193. The molecule has 0 aromatic heterocycles. The Morgan fingerprint density at radius 1 is 1.32 bits per heavy atom. The van der Waals surface area contributed by atoms with E-state index in [-0.39, 0.29) is 23.8 Å². The lowest BCUT2D eigenvalue weighted by Crippen LogP contribution is -2.49. The number of carbonyl (C=O) groups excluding carboxylic acids is 2. The maximum absolute atomic E-state index is 12.6. The molecular weight excluding hydrogens is 240 g/mol. The predicted octanol–water partition coefficient (Wildman–Crippen LogP) is 1.55. The summed E-state index contributed by atoms with van der Waals surface area (Å²) in [5.41, 5.74) is 0.421. The van der Waals surface area contributed by atoms with Gasteiger partial charge in [-0.1, -0.05) is 13.8 Å². The quantitative estimate of drug-likeness (QED) is 0.837. The van der Waals surface area contributed by atoms with Gasteiger partial charge in [-0.05, 0) is 42.9 Å². The van der Waals surface area contributed by atoms with Crippen molar-refractivity contribution in [3.8, 4) is 0 Å². The molecule has 106 valence electrons. The average molecular weight is 264 g/mol. The van der Waals surface area contributed by atoms with Crippen LogP contribution in [0.5, 0.6) is 0 Å². The Bertz CT molecular complexity index is 397. The van der Waals surface area contributed by atoms with Crippen LogP contribution in [-0.4, -0.2) is 35.8 Å². The number of nitrogens with one attached hydrogen (secondary N) is 1. The van der Waals surface area contributed by atoms with Crippen LogP contribution < -0.4 is 5.32 Å². The molecule has 3 fully saturated rings. The Hall–Kier alpha value is -1.06. The molecule has 1 heterocycles. The number of carbonyl (C=O) groups is 2. The van der Waals surface area contributed by atoms with Gasteiger partial charge >= 0.3 is 0 Å². The Morgan fingerprint density at radius 2 is 2.00 bits per heavy atom. The van der Waals surface area contributed by atoms with Crippen LogP contribution in [0.4, 0.5) is 0 Å². The van der Waals surface area contributed by atoms with Crippen molar-refractivity contribution < 1.29 is 9.59 Å². The van der Waals surface area contributed by atoms with Crippen molar-refractivity contribution in [2.45, 2.75) is 52.0 Å². The molecule has 2 saturated carbocycles. The zero-order valence-corrected chi connectivity index (χ0v) is 11.9. The first-order valence-electron chi connectivity index (χ1n) is 7.60. The van der Waals surface area contributed by atoms with Gasteiger partial charge in [0, 0.05) is 19.5 Å². The van der Waals surface area contributed by atoms with E-state index in [0.717, 1.165) is 12.5 Å². The van der Waals surface area contributed by atoms with Gasteiger partial charge in [-0.3, -0.25) is 9.59 Å². The van der Waals surface area contributed by atoms with E-state index in [4.69, 9.17) is 0 Å². The van der Waals surface area contributed by atoms with Crippen molar-refractivity contribution in [3.63, 3.8) is 0 Å². The Labute approximate surface area is 114 Å². The molecule has 1 aliphatic heterocycles. The van der Waals surface area contributed by atoms with Gasteiger partial charge in [-0.2, -0.15) is 0 Å². The summed E-state index contributed by atoms with van der Waals surface area (Å²) in [7, 11) is 0. The molecule has 1 atom stereocenters. The second-order valence-electron chi connectivity index (χ2n) is 6.94. The SMILES string of the molecule is CC(C)C1NC(=O)CCN(CC2(C3CC3)CC2)C1=O. The van der Waals surface area contributed by atoms with Crippen molar-refractivity contribution in [3.05, 3.63) is 0 Å². The number of nitrogens with zero attached hydrogens (tertiary/aromatic N) is 1. The first kappa shape index (κ1) is 12.9. The third-order valence-corrected chi connectivity index (χ3v) is 5.01. The molecule has 2 aliphatic carbocycles. The van der Waals surface area contributed by atoms with Crippen molar-refractivity contribution in [2.75, 3.05) is 13.1 Å². The second kappa shape index (κ2) is 4.50. The predicted molar refractivity (Wildman–Crippen MR) is 72.4 cm³/mol. The standard InChI is InChI=1S/C15H24N2O2/c1-10(2)13-14(19)17(8-5-12(18)16-13)9-15(6-7-15)11-3-4-11/h10-11,13H,3-9H2,1-2H3,(H,16,18). The van der Waals surface area contributed by atoms with E-state index < -0.39 is 0 Å². The highest BCUT2D eigenvalue weighted by atomic mass is 16.2. The average Bonchev–Trinajstić information content (AvgIpc) is 3.20. The molecule has 2 amide bonds. The van der Waals surface area contributed by atoms with Gasteiger partial charge in [0.05, 0.1) is 0 Å². The fourth-order valence-electron chi connectivity index (χ4n) is 3.39. The van der Waals surface area contributed by atoms with Gasteiger partial charge in [0.1, 0.15) is 6.04 Å². The minimum atomic E-state index is -0.329. The Kier molecular flexibility index (Phi) is 3.06. The highest BCUT2D eigenvalue weighted by Crippen LogP contribution is 2.61. The van der Waals surface area contributed by atoms with Crippen LogP contribution >= 0.6 is 0 Å². The molecule has 1 saturated heterocycles. The fraction of sp³-hybridized carbons (Fsp3) is 0.867. The summed E-state index contributed by atoms with van der Waals surface area (Å²) >= 11 is 0. The summed E-state index contributed by atoms with van der Waals surface area (Å²) < 4.78 is 0. The zero-order valence-electron chi connectivity index (χ0n) is 11.9. The van der Waals surface area contributed by atoms with Crippen LogP contribution in [0, 0.1) is 17.3 Å².